The highest BCUT2D eigenvalue weighted by molar-refractivity contribution is 5.34. The molecule has 2 aromatic rings. The molecule has 96 valence electrons. The Hall–Kier alpha value is -1.77. The summed E-state index contributed by atoms with van der Waals surface area (Å²) in [6, 6.07) is 8.56. The maximum atomic E-state index is 4.50. The third-order valence-electron chi connectivity index (χ3n) is 3.17. The van der Waals surface area contributed by atoms with Crippen LogP contribution in [0.3, 0.4) is 0 Å². The predicted molar refractivity (Wildman–Crippen MR) is 75.8 cm³/mol. The number of nitrogens with zero attached hydrogens (tertiary/aromatic N) is 2. The lowest BCUT2D eigenvalue weighted by Crippen LogP contribution is -2.07. The molecule has 2 rings (SSSR count). The average Bonchev–Trinajstić information content (AvgIpc) is 2.77. The molecule has 0 aliphatic heterocycles. The molecule has 0 saturated carbocycles. The Bertz CT molecular complexity index is 514. The Morgan fingerprint density at radius 1 is 1.17 bits per heavy atom. The van der Waals surface area contributed by atoms with Crippen LogP contribution in [0.2, 0.25) is 0 Å². The second-order valence-electron chi connectivity index (χ2n) is 4.47. The van der Waals surface area contributed by atoms with Crippen molar-refractivity contribution in [2.45, 2.75) is 40.3 Å². The van der Waals surface area contributed by atoms with Crippen molar-refractivity contribution >= 4 is 5.95 Å². The number of aromatic nitrogens is 2. The lowest BCUT2D eigenvalue weighted by molar-refractivity contribution is 0.762. The summed E-state index contributed by atoms with van der Waals surface area (Å²) in [6.07, 6.45) is 3.15. The van der Waals surface area contributed by atoms with Crippen molar-refractivity contribution in [2.24, 2.45) is 0 Å². The summed E-state index contributed by atoms with van der Waals surface area (Å²) in [6.45, 7) is 8.12. The molecular formula is C15H21N3. The van der Waals surface area contributed by atoms with E-state index in [1.54, 1.807) is 0 Å². The van der Waals surface area contributed by atoms with Crippen LogP contribution in [-0.2, 0) is 19.5 Å². The monoisotopic (exact) mass is 243 g/mol. The van der Waals surface area contributed by atoms with Gasteiger partial charge in [0.05, 0.1) is 5.69 Å². The number of aryl methyl sites for hydroxylation is 3. The predicted octanol–water partition coefficient (Wildman–Crippen LogP) is 3.39. The molecule has 18 heavy (non-hydrogen) atoms. The molecule has 0 spiro atoms. The number of nitrogens with one attached hydrogen (secondary N) is 1. The van der Waals surface area contributed by atoms with Gasteiger partial charge in [-0.3, -0.25) is 0 Å². The van der Waals surface area contributed by atoms with Gasteiger partial charge in [-0.1, -0.05) is 31.2 Å². The van der Waals surface area contributed by atoms with Crippen LogP contribution in [0.15, 0.2) is 30.5 Å². The molecule has 0 aliphatic rings. The molecule has 3 nitrogen and oxygen atoms in total. The molecule has 1 heterocycles. The standard InChI is InChI=1S/C15H21N3/c1-4-13-8-6-7-9-14(13)10-16-15-17-12(3)11-18(15)5-2/h6-9,11H,4-5,10H2,1-3H3,(H,16,17). The zero-order chi connectivity index (χ0) is 13.0. The molecule has 0 unspecified atom stereocenters. The van der Waals surface area contributed by atoms with Gasteiger partial charge in [-0.05, 0) is 31.4 Å². The van der Waals surface area contributed by atoms with Crippen LogP contribution in [0.1, 0.15) is 30.7 Å². The molecule has 0 fully saturated rings. The average molecular weight is 243 g/mol. The number of hydrogen-bond donors (Lipinski definition) is 1. The minimum atomic E-state index is 0.834. The van der Waals surface area contributed by atoms with E-state index in [0.717, 1.165) is 31.2 Å². The summed E-state index contributed by atoms with van der Waals surface area (Å²) in [4.78, 5) is 4.50. The molecular weight excluding hydrogens is 222 g/mol. The molecule has 0 saturated heterocycles. The van der Waals surface area contributed by atoms with E-state index in [1.807, 2.05) is 6.92 Å². The molecule has 0 amide bonds. The minimum absolute atomic E-state index is 0.834. The van der Waals surface area contributed by atoms with Gasteiger partial charge in [-0.2, -0.15) is 0 Å². The zero-order valence-corrected chi connectivity index (χ0v) is 11.4. The Morgan fingerprint density at radius 2 is 1.89 bits per heavy atom. The smallest absolute Gasteiger partial charge is 0.203 e. The molecule has 0 aliphatic carbocycles. The highest BCUT2D eigenvalue weighted by atomic mass is 15.2. The summed E-state index contributed by atoms with van der Waals surface area (Å²) in [7, 11) is 0. The van der Waals surface area contributed by atoms with E-state index in [1.165, 1.54) is 11.1 Å². The summed E-state index contributed by atoms with van der Waals surface area (Å²) in [5, 5.41) is 3.43. The van der Waals surface area contributed by atoms with Crippen LogP contribution < -0.4 is 5.32 Å². The normalized spacial score (nSPS) is 10.6. The van der Waals surface area contributed by atoms with Crippen LogP contribution >= 0.6 is 0 Å². The first-order valence-corrected chi connectivity index (χ1v) is 6.59. The van der Waals surface area contributed by atoms with Crippen molar-refractivity contribution in [2.75, 3.05) is 5.32 Å². The van der Waals surface area contributed by atoms with Gasteiger partial charge in [-0.15, -0.1) is 0 Å². The second kappa shape index (κ2) is 5.71. The van der Waals surface area contributed by atoms with E-state index >= 15 is 0 Å². The van der Waals surface area contributed by atoms with Crippen molar-refractivity contribution in [3.63, 3.8) is 0 Å². The molecule has 1 N–H and O–H groups in total. The van der Waals surface area contributed by atoms with Gasteiger partial charge >= 0.3 is 0 Å². The van der Waals surface area contributed by atoms with Crippen LogP contribution in [0.5, 0.6) is 0 Å². The van der Waals surface area contributed by atoms with Crippen LogP contribution in [0.25, 0.3) is 0 Å². The first kappa shape index (κ1) is 12.7. The van der Waals surface area contributed by atoms with Gasteiger partial charge in [-0.25, -0.2) is 4.98 Å². The van der Waals surface area contributed by atoms with E-state index in [9.17, 15) is 0 Å². The van der Waals surface area contributed by atoms with Crippen LogP contribution in [0.4, 0.5) is 5.95 Å². The molecule has 0 atom stereocenters. The van der Waals surface area contributed by atoms with E-state index in [-0.39, 0.29) is 0 Å². The Morgan fingerprint density at radius 3 is 2.56 bits per heavy atom. The van der Waals surface area contributed by atoms with Crippen molar-refractivity contribution < 1.29 is 0 Å². The van der Waals surface area contributed by atoms with Crippen molar-refractivity contribution in [1.82, 2.24) is 9.55 Å². The largest absolute Gasteiger partial charge is 0.352 e. The maximum Gasteiger partial charge on any atom is 0.203 e. The van der Waals surface area contributed by atoms with Crippen LogP contribution in [0, 0.1) is 6.92 Å². The van der Waals surface area contributed by atoms with Gasteiger partial charge in [0.1, 0.15) is 0 Å². The number of anilines is 1. The van der Waals surface area contributed by atoms with Crippen molar-refractivity contribution in [1.29, 1.82) is 0 Å². The van der Waals surface area contributed by atoms with Gasteiger partial charge in [0.25, 0.3) is 0 Å². The fourth-order valence-corrected chi connectivity index (χ4v) is 2.18. The Kier molecular flexibility index (Phi) is 4.03. The van der Waals surface area contributed by atoms with Crippen molar-refractivity contribution in [3.8, 4) is 0 Å². The maximum absolute atomic E-state index is 4.50. The Labute approximate surface area is 109 Å². The van der Waals surface area contributed by atoms with E-state index < -0.39 is 0 Å². The summed E-state index contributed by atoms with van der Waals surface area (Å²) < 4.78 is 2.14. The zero-order valence-electron chi connectivity index (χ0n) is 11.4. The fraction of sp³-hybridized carbons (Fsp3) is 0.400. The SMILES string of the molecule is CCc1ccccc1CNc1nc(C)cn1CC. The Balaban J connectivity index is 2.11. The van der Waals surface area contributed by atoms with Crippen LogP contribution in [-0.4, -0.2) is 9.55 Å². The molecule has 1 aromatic heterocycles. The van der Waals surface area contributed by atoms with Gasteiger partial charge < -0.3 is 9.88 Å². The van der Waals surface area contributed by atoms with Gasteiger partial charge in [0.2, 0.25) is 5.95 Å². The van der Waals surface area contributed by atoms with Crippen molar-refractivity contribution in [3.05, 3.63) is 47.3 Å². The number of benzene rings is 1. The number of hydrogen-bond acceptors (Lipinski definition) is 2. The van der Waals surface area contributed by atoms with E-state index in [0.29, 0.717) is 0 Å². The molecule has 1 aromatic carbocycles. The molecule has 3 heteroatoms. The fourth-order valence-electron chi connectivity index (χ4n) is 2.18. The van der Waals surface area contributed by atoms with E-state index in [2.05, 4.69) is 59.2 Å². The highest BCUT2D eigenvalue weighted by Gasteiger charge is 2.05. The highest BCUT2D eigenvalue weighted by Crippen LogP contribution is 2.13. The number of rotatable bonds is 5. The third-order valence-corrected chi connectivity index (χ3v) is 3.17. The lowest BCUT2D eigenvalue weighted by Gasteiger charge is -2.10. The first-order valence-electron chi connectivity index (χ1n) is 6.59. The lowest BCUT2D eigenvalue weighted by atomic mass is 10.1. The second-order valence-corrected chi connectivity index (χ2v) is 4.47. The molecule has 0 bridgehead atoms. The third kappa shape index (κ3) is 2.73. The number of imidazole rings is 1. The topological polar surface area (TPSA) is 29.9 Å². The van der Waals surface area contributed by atoms with E-state index in [4.69, 9.17) is 0 Å². The summed E-state index contributed by atoms with van der Waals surface area (Å²) in [5.41, 5.74) is 3.81. The minimum Gasteiger partial charge on any atom is -0.352 e. The van der Waals surface area contributed by atoms with Gasteiger partial charge in [0.15, 0.2) is 0 Å². The quantitative estimate of drug-likeness (QED) is 0.872. The first-order chi connectivity index (χ1) is 8.74. The summed E-state index contributed by atoms with van der Waals surface area (Å²) in [5.74, 6) is 0.959. The summed E-state index contributed by atoms with van der Waals surface area (Å²) >= 11 is 0. The van der Waals surface area contributed by atoms with Gasteiger partial charge in [0, 0.05) is 19.3 Å². The molecule has 0 radical (unpaired) electrons.